The van der Waals surface area contributed by atoms with Crippen LogP contribution in [0.2, 0.25) is 0 Å². The lowest BCUT2D eigenvalue weighted by Gasteiger charge is -2.14. The van der Waals surface area contributed by atoms with Crippen LogP contribution in [0.5, 0.6) is 0 Å². The normalized spacial score (nSPS) is 12.5. The molecule has 2 aromatic carbocycles. The highest BCUT2D eigenvalue weighted by Crippen LogP contribution is 2.32. The molecule has 112 valence electrons. The summed E-state index contributed by atoms with van der Waals surface area (Å²) in [4.78, 5) is 15.8. The average Bonchev–Trinajstić information content (AvgIpc) is 2.87. The van der Waals surface area contributed by atoms with E-state index < -0.39 is 17.8 Å². The number of aliphatic carboxylic acids is 1. The minimum Gasteiger partial charge on any atom is -0.480 e. The number of para-hydroxylation sites is 1. The maximum atomic E-state index is 14.1. The molecule has 22 heavy (non-hydrogen) atoms. The van der Waals surface area contributed by atoms with Gasteiger partial charge in [-0.05, 0) is 31.2 Å². The van der Waals surface area contributed by atoms with Crippen molar-refractivity contribution in [1.29, 1.82) is 0 Å². The molecule has 0 aliphatic rings. The Bertz CT molecular complexity index is 873. The van der Waals surface area contributed by atoms with Crippen LogP contribution in [0.15, 0.2) is 42.5 Å². The molecule has 0 spiro atoms. The maximum absolute atomic E-state index is 14.1. The van der Waals surface area contributed by atoms with Gasteiger partial charge in [-0.2, -0.15) is 0 Å². The van der Waals surface area contributed by atoms with Crippen LogP contribution in [0.4, 0.5) is 10.1 Å². The third kappa shape index (κ3) is 2.09. The van der Waals surface area contributed by atoms with Gasteiger partial charge in [-0.15, -0.1) is 0 Å². The zero-order chi connectivity index (χ0) is 15.9. The quantitative estimate of drug-likeness (QED) is 0.728. The first-order chi connectivity index (χ1) is 10.5. The Kier molecular flexibility index (Phi) is 3.29. The third-order valence-corrected chi connectivity index (χ3v) is 3.61. The zero-order valence-electron chi connectivity index (χ0n) is 11.8. The van der Waals surface area contributed by atoms with Crippen LogP contribution in [-0.2, 0) is 4.79 Å². The molecule has 3 aromatic rings. The molecule has 0 amide bonds. The van der Waals surface area contributed by atoms with Gasteiger partial charge in [-0.25, -0.2) is 14.2 Å². The van der Waals surface area contributed by atoms with E-state index in [1.807, 2.05) is 0 Å². The Morgan fingerprint density at radius 2 is 2.00 bits per heavy atom. The number of aromatic nitrogens is 2. The average molecular weight is 299 g/mol. The van der Waals surface area contributed by atoms with Gasteiger partial charge in [0.1, 0.15) is 23.2 Å². The van der Waals surface area contributed by atoms with Crippen molar-refractivity contribution in [1.82, 2.24) is 9.55 Å². The molecule has 0 aliphatic heterocycles. The highest BCUT2D eigenvalue weighted by atomic mass is 19.1. The summed E-state index contributed by atoms with van der Waals surface area (Å²) in [5.41, 5.74) is 7.61. The largest absolute Gasteiger partial charge is 0.480 e. The molecule has 0 radical (unpaired) electrons. The summed E-state index contributed by atoms with van der Waals surface area (Å²) in [6, 6.07) is 10.3. The first-order valence-corrected chi connectivity index (χ1v) is 6.75. The zero-order valence-corrected chi connectivity index (χ0v) is 11.8. The van der Waals surface area contributed by atoms with Gasteiger partial charge >= 0.3 is 5.97 Å². The van der Waals surface area contributed by atoms with Crippen molar-refractivity contribution >= 4 is 22.7 Å². The Morgan fingerprint density at radius 1 is 1.27 bits per heavy atom. The van der Waals surface area contributed by atoms with Gasteiger partial charge in [-0.3, -0.25) is 0 Å². The summed E-state index contributed by atoms with van der Waals surface area (Å²) in [7, 11) is 0. The van der Waals surface area contributed by atoms with E-state index in [2.05, 4.69) is 4.98 Å². The highest BCUT2D eigenvalue weighted by molar-refractivity contribution is 5.91. The van der Waals surface area contributed by atoms with E-state index in [0.717, 1.165) is 0 Å². The van der Waals surface area contributed by atoms with E-state index >= 15 is 0 Å². The number of hydrogen-bond acceptors (Lipinski definition) is 3. The fourth-order valence-electron chi connectivity index (χ4n) is 2.47. The number of carbonyl (C=O) groups is 1. The first-order valence-electron chi connectivity index (χ1n) is 6.75. The van der Waals surface area contributed by atoms with Gasteiger partial charge < -0.3 is 15.4 Å². The summed E-state index contributed by atoms with van der Waals surface area (Å²) >= 11 is 0. The van der Waals surface area contributed by atoms with E-state index in [1.165, 1.54) is 17.6 Å². The molecule has 0 saturated heterocycles. The van der Waals surface area contributed by atoms with Gasteiger partial charge in [-0.1, -0.05) is 18.2 Å². The van der Waals surface area contributed by atoms with E-state index in [4.69, 9.17) is 5.73 Å². The van der Waals surface area contributed by atoms with Crippen molar-refractivity contribution in [3.05, 3.63) is 48.3 Å². The lowest BCUT2D eigenvalue weighted by molar-refractivity contribution is -0.140. The van der Waals surface area contributed by atoms with Crippen molar-refractivity contribution in [2.24, 2.45) is 0 Å². The van der Waals surface area contributed by atoms with Crippen LogP contribution in [-0.4, -0.2) is 20.6 Å². The predicted octanol–water partition coefficient (Wildman–Crippen LogP) is 3.07. The number of carboxylic acid groups (broad SMARTS) is 1. The van der Waals surface area contributed by atoms with Crippen LogP contribution < -0.4 is 5.73 Å². The number of nitrogens with two attached hydrogens (primary N) is 1. The number of nitrogens with zero attached hydrogens (tertiary/aromatic N) is 2. The summed E-state index contributed by atoms with van der Waals surface area (Å²) in [6.45, 7) is 1.52. The SMILES string of the molecule is CC(C(=O)O)n1c(-c2ccccc2F)nc2c(N)cccc21. The van der Waals surface area contributed by atoms with Gasteiger partial charge in [0.25, 0.3) is 0 Å². The lowest BCUT2D eigenvalue weighted by atomic mass is 10.2. The number of imidazole rings is 1. The molecule has 1 heterocycles. The van der Waals surface area contributed by atoms with Gasteiger partial charge in [0.2, 0.25) is 0 Å². The van der Waals surface area contributed by atoms with Crippen molar-refractivity contribution < 1.29 is 14.3 Å². The molecular weight excluding hydrogens is 285 g/mol. The summed E-state index contributed by atoms with van der Waals surface area (Å²) < 4.78 is 15.6. The molecule has 6 heteroatoms. The van der Waals surface area contributed by atoms with E-state index in [0.29, 0.717) is 16.7 Å². The molecule has 0 aliphatic carbocycles. The Hall–Kier alpha value is -2.89. The van der Waals surface area contributed by atoms with Crippen LogP contribution in [0.1, 0.15) is 13.0 Å². The van der Waals surface area contributed by atoms with Crippen molar-refractivity contribution in [3.8, 4) is 11.4 Å². The van der Waals surface area contributed by atoms with Gasteiger partial charge in [0, 0.05) is 0 Å². The van der Waals surface area contributed by atoms with E-state index in [1.54, 1.807) is 36.4 Å². The fraction of sp³-hybridized carbons (Fsp3) is 0.125. The Balaban J connectivity index is 2.39. The molecule has 0 bridgehead atoms. The highest BCUT2D eigenvalue weighted by Gasteiger charge is 2.23. The summed E-state index contributed by atoms with van der Waals surface area (Å²) in [6.07, 6.45) is 0. The van der Waals surface area contributed by atoms with E-state index in [-0.39, 0.29) is 11.4 Å². The lowest BCUT2D eigenvalue weighted by Crippen LogP contribution is -2.16. The summed E-state index contributed by atoms with van der Waals surface area (Å²) in [5.74, 6) is -1.24. The van der Waals surface area contributed by atoms with Crippen LogP contribution in [0.25, 0.3) is 22.4 Å². The number of rotatable bonds is 3. The molecule has 0 saturated carbocycles. The van der Waals surface area contributed by atoms with Crippen LogP contribution in [0.3, 0.4) is 0 Å². The predicted molar refractivity (Wildman–Crippen MR) is 81.9 cm³/mol. The van der Waals surface area contributed by atoms with Crippen molar-refractivity contribution in [2.45, 2.75) is 13.0 Å². The number of anilines is 1. The third-order valence-electron chi connectivity index (χ3n) is 3.61. The second kappa shape index (κ2) is 5.14. The monoisotopic (exact) mass is 299 g/mol. The number of carboxylic acids is 1. The van der Waals surface area contributed by atoms with Gasteiger partial charge in [0.05, 0.1) is 16.8 Å². The number of nitrogen functional groups attached to an aromatic ring is 1. The number of hydrogen-bond donors (Lipinski definition) is 2. The van der Waals surface area contributed by atoms with Crippen LogP contribution >= 0.6 is 0 Å². The molecule has 1 atom stereocenters. The fourth-order valence-corrected chi connectivity index (χ4v) is 2.47. The molecule has 3 rings (SSSR count). The number of fused-ring (bicyclic) bond motifs is 1. The maximum Gasteiger partial charge on any atom is 0.326 e. The smallest absolute Gasteiger partial charge is 0.326 e. The van der Waals surface area contributed by atoms with Gasteiger partial charge in [0.15, 0.2) is 0 Å². The van der Waals surface area contributed by atoms with Crippen LogP contribution in [0, 0.1) is 5.82 Å². The van der Waals surface area contributed by atoms with Crippen molar-refractivity contribution in [2.75, 3.05) is 5.73 Å². The molecule has 1 unspecified atom stereocenters. The molecule has 5 nitrogen and oxygen atoms in total. The summed E-state index contributed by atoms with van der Waals surface area (Å²) in [5, 5.41) is 9.35. The minimum atomic E-state index is -1.03. The Labute approximate surface area is 125 Å². The van der Waals surface area contributed by atoms with Crippen molar-refractivity contribution in [3.63, 3.8) is 0 Å². The number of benzene rings is 2. The van der Waals surface area contributed by atoms with E-state index in [9.17, 15) is 14.3 Å². The first kappa shape index (κ1) is 14.1. The molecule has 0 fully saturated rings. The second-order valence-corrected chi connectivity index (χ2v) is 5.01. The molecule has 1 aromatic heterocycles. The minimum absolute atomic E-state index is 0.242. The second-order valence-electron chi connectivity index (χ2n) is 5.01. The topological polar surface area (TPSA) is 81.1 Å². The molecular formula is C16H14FN3O2. The molecule has 3 N–H and O–H groups in total. The standard InChI is InChI=1S/C16H14FN3O2/c1-9(16(21)22)20-13-8-4-7-12(18)14(13)19-15(20)10-5-2-3-6-11(10)17/h2-9H,18H2,1H3,(H,21,22). The number of halogens is 1. The Morgan fingerprint density at radius 3 is 2.68 bits per heavy atom.